The highest BCUT2D eigenvalue weighted by atomic mass is 16.1. The molecule has 0 aromatic carbocycles. The average Bonchev–Trinajstić information content (AvgIpc) is 2.69. The molecule has 90 valence electrons. The van der Waals surface area contributed by atoms with Gasteiger partial charge in [-0.25, -0.2) is 4.98 Å². The molecule has 0 saturated carbocycles. The summed E-state index contributed by atoms with van der Waals surface area (Å²) < 4.78 is 1.71. The molecule has 0 bridgehead atoms. The third-order valence-electron chi connectivity index (χ3n) is 2.93. The molecular weight excluding hydrogens is 206 g/mol. The van der Waals surface area contributed by atoms with Gasteiger partial charge in [0.05, 0.1) is 5.54 Å². The van der Waals surface area contributed by atoms with E-state index in [0.29, 0.717) is 13.0 Å². The largest absolute Gasteiger partial charge is 0.368 e. The van der Waals surface area contributed by atoms with Crippen molar-refractivity contribution in [3.05, 3.63) is 12.7 Å². The zero-order valence-corrected chi connectivity index (χ0v) is 9.76. The number of hydrogen-bond donors (Lipinski definition) is 2. The molecule has 16 heavy (non-hydrogen) atoms. The first-order valence-electron chi connectivity index (χ1n) is 5.38. The first-order chi connectivity index (χ1) is 7.47. The molecular formula is C10H19N5O. The van der Waals surface area contributed by atoms with Crippen molar-refractivity contribution in [3.63, 3.8) is 0 Å². The van der Waals surface area contributed by atoms with Gasteiger partial charge >= 0.3 is 0 Å². The minimum Gasteiger partial charge on any atom is -0.368 e. The molecule has 4 N–H and O–H groups in total. The molecule has 6 heteroatoms. The Kier molecular flexibility index (Phi) is 4.00. The summed E-state index contributed by atoms with van der Waals surface area (Å²) in [7, 11) is 0. The minimum absolute atomic E-state index is 0.0285. The number of aryl methyl sites for hydroxylation is 1. The van der Waals surface area contributed by atoms with Crippen LogP contribution in [0.2, 0.25) is 0 Å². The highest BCUT2D eigenvalue weighted by Gasteiger charge is 2.34. The zero-order chi connectivity index (χ0) is 12.2. The quantitative estimate of drug-likeness (QED) is 0.705. The average molecular weight is 225 g/mol. The maximum atomic E-state index is 11.3. The highest BCUT2D eigenvalue weighted by Crippen LogP contribution is 2.19. The van der Waals surface area contributed by atoms with Gasteiger partial charge in [0, 0.05) is 6.54 Å². The fourth-order valence-electron chi connectivity index (χ4n) is 1.58. The third-order valence-corrected chi connectivity index (χ3v) is 2.93. The Labute approximate surface area is 95.0 Å². The first kappa shape index (κ1) is 12.6. The Morgan fingerprint density at radius 1 is 1.56 bits per heavy atom. The van der Waals surface area contributed by atoms with Crippen molar-refractivity contribution < 1.29 is 4.79 Å². The van der Waals surface area contributed by atoms with E-state index in [1.807, 2.05) is 13.8 Å². The van der Waals surface area contributed by atoms with Crippen molar-refractivity contribution in [2.45, 2.75) is 38.8 Å². The number of amides is 1. The molecule has 1 aromatic rings. The maximum Gasteiger partial charge on any atom is 0.237 e. The fourth-order valence-corrected chi connectivity index (χ4v) is 1.58. The number of nitrogens with zero attached hydrogens (tertiary/aromatic N) is 3. The maximum absolute atomic E-state index is 11.3. The van der Waals surface area contributed by atoms with Gasteiger partial charge in [-0.15, -0.1) is 0 Å². The van der Waals surface area contributed by atoms with Crippen LogP contribution < -0.4 is 11.5 Å². The van der Waals surface area contributed by atoms with E-state index >= 15 is 0 Å². The number of primary amides is 1. The second-order valence-electron chi connectivity index (χ2n) is 4.32. The minimum atomic E-state index is -0.930. The van der Waals surface area contributed by atoms with Crippen molar-refractivity contribution >= 4 is 5.91 Å². The predicted molar refractivity (Wildman–Crippen MR) is 60.2 cm³/mol. The summed E-state index contributed by atoms with van der Waals surface area (Å²) >= 11 is 0. The number of carbonyl (C=O) groups excluding carboxylic acids is 1. The van der Waals surface area contributed by atoms with Crippen molar-refractivity contribution in [3.8, 4) is 0 Å². The van der Waals surface area contributed by atoms with Crippen LogP contribution in [0.1, 0.15) is 26.7 Å². The van der Waals surface area contributed by atoms with Gasteiger partial charge in [0.1, 0.15) is 12.7 Å². The normalized spacial score (nSPS) is 15.0. The molecule has 0 radical (unpaired) electrons. The van der Waals surface area contributed by atoms with E-state index in [1.54, 1.807) is 11.0 Å². The van der Waals surface area contributed by atoms with Gasteiger partial charge in [0.2, 0.25) is 5.91 Å². The van der Waals surface area contributed by atoms with Crippen LogP contribution in [0.4, 0.5) is 0 Å². The molecule has 1 heterocycles. The zero-order valence-electron chi connectivity index (χ0n) is 9.76. The first-order valence-corrected chi connectivity index (χ1v) is 5.38. The summed E-state index contributed by atoms with van der Waals surface area (Å²) in [6.07, 6.45) is 4.42. The number of carbonyl (C=O) groups is 1. The van der Waals surface area contributed by atoms with Gasteiger partial charge in [-0.3, -0.25) is 9.48 Å². The molecule has 1 aromatic heterocycles. The number of rotatable bonds is 6. The van der Waals surface area contributed by atoms with Crippen LogP contribution in [0.3, 0.4) is 0 Å². The van der Waals surface area contributed by atoms with Gasteiger partial charge in [0.15, 0.2) is 0 Å². The highest BCUT2D eigenvalue weighted by molar-refractivity contribution is 5.84. The number of hydrogen-bond acceptors (Lipinski definition) is 4. The van der Waals surface area contributed by atoms with Crippen LogP contribution in [0.25, 0.3) is 0 Å². The topological polar surface area (TPSA) is 99.8 Å². The molecule has 0 aliphatic carbocycles. The molecule has 0 saturated heterocycles. The summed E-state index contributed by atoms with van der Waals surface area (Å²) in [5.74, 6) is -0.415. The molecule has 0 aliphatic heterocycles. The number of aromatic nitrogens is 3. The Bertz CT molecular complexity index is 335. The summed E-state index contributed by atoms with van der Waals surface area (Å²) in [5, 5.41) is 3.97. The lowest BCUT2D eigenvalue weighted by Crippen LogP contribution is -2.56. The summed E-state index contributed by atoms with van der Waals surface area (Å²) in [6.45, 7) is 4.50. The van der Waals surface area contributed by atoms with Crippen molar-refractivity contribution in [2.75, 3.05) is 0 Å². The van der Waals surface area contributed by atoms with Gasteiger partial charge < -0.3 is 11.5 Å². The molecule has 1 amide bonds. The lowest BCUT2D eigenvalue weighted by molar-refractivity contribution is -0.125. The van der Waals surface area contributed by atoms with Crippen LogP contribution in [-0.2, 0) is 11.3 Å². The van der Waals surface area contributed by atoms with Gasteiger partial charge in [0.25, 0.3) is 0 Å². The van der Waals surface area contributed by atoms with Crippen LogP contribution >= 0.6 is 0 Å². The fraction of sp³-hybridized carbons (Fsp3) is 0.700. The molecule has 6 nitrogen and oxygen atoms in total. The Morgan fingerprint density at radius 2 is 2.25 bits per heavy atom. The van der Waals surface area contributed by atoms with Crippen molar-refractivity contribution in [1.82, 2.24) is 14.8 Å². The van der Waals surface area contributed by atoms with Crippen LogP contribution in [0.5, 0.6) is 0 Å². The standard InChI is InChI=1S/C10H19N5O/c1-8(2)10(12,9(11)16)4-3-5-15-7-13-6-14-15/h6-8H,3-5,12H2,1-2H3,(H2,11,16). The molecule has 1 rings (SSSR count). The van der Waals surface area contributed by atoms with Crippen molar-refractivity contribution in [1.29, 1.82) is 0 Å². The second kappa shape index (κ2) is 5.07. The van der Waals surface area contributed by atoms with E-state index in [0.717, 1.165) is 6.42 Å². The SMILES string of the molecule is CC(C)C(N)(CCCn1cncn1)C(N)=O. The van der Waals surface area contributed by atoms with E-state index in [1.165, 1.54) is 6.33 Å². The Hall–Kier alpha value is -1.43. The summed E-state index contributed by atoms with van der Waals surface area (Å²) in [5.41, 5.74) is 10.4. The summed E-state index contributed by atoms with van der Waals surface area (Å²) in [4.78, 5) is 15.2. The van der Waals surface area contributed by atoms with Crippen molar-refractivity contribution in [2.24, 2.45) is 17.4 Å². The molecule has 1 atom stereocenters. The van der Waals surface area contributed by atoms with Gasteiger partial charge in [-0.1, -0.05) is 13.8 Å². The van der Waals surface area contributed by atoms with E-state index < -0.39 is 11.4 Å². The van der Waals surface area contributed by atoms with E-state index in [-0.39, 0.29) is 5.92 Å². The van der Waals surface area contributed by atoms with E-state index in [4.69, 9.17) is 11.5 Å². The van der Waals surface area contributed by atoms with Gasteiger partial charge in [-0.2, -0.15) is 5.10 Å². The van der Waals surface area contributed by atoms with Crippen LogP contribution in [0, 0.1) is 5.92 Å². The summed E-state index contributed by atoms with van der Waals surface area (Å²) in [6, 6.07) is 0. The number of nitrogens with two attached hydrogens (primary N) is 2. The lowest BCUT2D eigenvalue weighted by atomic mass is 9.82. The van der Waals surface area contributed by atoms with Crippen LogP contribution in [0.15, 0.2) is 12.7 Å². The third kappa shape index (κ3) is 2.79. The molecule has 0 fully saturated rings. The molecule has 1 unspecified atom stereocenters. The Morgan fingerprint density at radius 3 is 2.69 bits per heavy atom. The Balaban J connectivity index is 2.48. The predicted octanol–water partition coefficient (Wildman–Crippen LogP) is -0.103. The smallest absolute Gasteiger partial charge is 0.237 e. The van der Waals surface area contributed by atoms with E-state index in [2.05, 4.69) is 10.1 Å². The van der Waals surface area contributed by atoms with E-state index in [9.17, 15) is 4.79 Å². The second-order valence-corrected chi connectivity index (χ2v) is 4.32. The monoisotopic (exact) mass is 225 g/mol. The molecule has 0 spiro atoms. The lowest BCUT2D eigenvalue weighted by Gasteiger charge is -2.30. The van der Waals surface area contributed by atoms with Gasteiger partial charge in [-0.05, 0) is 18.8 Å². The van der Waals surface area contributed by atoms with Crippen LogP contribution in [-0.4, -0.2) is 26.2 Å². The molecule has 0 aliphatic rings.